The Morgan fingerprint density at radius 3 is 2.00 bits per heavy atom. The molecule has 0 fully saturated rings. The zero-order chi connectivity index (χ0) is 10.5. The first-order chi connectivity index (χ1) is 5.95. The molecule has 1 unspecified atom stereocenters. The Labute approximate surface area is 87.7 Å². The molecule has 0 saturated heterocycles. The minimum absolute atomic E-state index is 0.0491. The van der Waals surface area contributed by atoms with Crippen LogP contribution in [-0.4, -0.2) is 16.9 Å². The van der Waals surface area contributed by atoms with Gasteiger partial charge >= 0.3 is 0 Å². The number of unbranched alkanes of at least 4 members (excludes halogenated alkanes) is 1. The molecule has 0 spiro atoms. The molecule has 0 aromatic rings. The van der Waals surface area contributed by atoms with E-state index in [1.807, 2.05) is 0 Å². The topological polar surface area (TPSA) is 0 Å². The molecule has 0 heterocycles. The predicted octanol–water partition coefficient (Wildman–Crippen LogP) is 4.57. The molecule has 2 heteroatoms. The van der Waals surface area contributed by atoms with Gasteiger partial charge in [0.25, 0.3) is 0 Å². The average molecular weight is 216 g/mol. The summed E-state index contributed by atoms with van der Waals surface area (Å²) < 4.78 is 0. The van der Waals surface area contributed by atoms with Crippen molar-refractivity contribution in [1.29, 1.82) is 0 Å². The van der Waals surface area contributed by atoms with Crippen LogP contribution in [0.15, 0.2) is 0 Å². The number of rotatable bonds is 6. The zero-order valence-electron chi connectivity index (χ0n) is 10.4. The third-order valence-corrected chi connectivity index (χ3v) is 13.0. The van der Waals surface area contributed by atoms with Gasteiger partial charge in [-0.1, -0.05) is 70.5 Å². The maximum absolute atomic E-state index is 2.61. The molecule has 0 aromatic heterocycles. The van der Waals surface area contributed by atoms with Crippen LogP contribution < -0.4 is 0 Å². The number of hydrogen-bond donors (Lipinski definition) is 0. The van der Waals surface area contributed by atoms with E-state index in [9.17, 15) is 0 Å². The molecule has 0 aliphatic heterocycles. The highest BCUT2D eigenvalue weighted by Gasteiger charge is 2.31. The molecular weight excluding hydrogens is 188 g/mol. The highest BCUT2D eigenvalue weighted by atomic mass is 28.4. The van der Waals surface area contributed by atoms with Crippen LogP contribution in [0, 0.1) is 0 Å². The average Bonchev–Trinajstić information content (AvgIpc) is 2.01. The summed E-state index contributed by atoms with van der Waals surface area (Å²) in [5.74, 6) is 0. The van der Waals surface area contributed by atoms with E-state index >= 15 is 0 Å². The van der Waals surface area contributed by atoms with Gasteiger partial charge in [-0.15, -0.1) is 0 Å². The van der Waals surface area contributed by atoms with Gasteiger partial charge in [-0.2, -0.15) is 0 Å². The molecule has 0 aliphatic carbocycles. The third-order valence-electron chi connectivity index (χ3n) is 3.22. The van der Waals surface area contributed by atoms with E-state index in [1.165, 1.54) is 19.3 Å². The van der Waals surface area contributed by atoms with E-state index in [0.29, 0.717) is 0 Å². The first-order valence-corrected chi connectivity index (χ1v) is 11.6. The van der Waals surface area contributed by atoms with Crippen LogP contribution in [-0.2, 0) is 0 Å². The summed E-state index contributed by atoms with van der Waals surface area (Å²) in [5.41, 5.74) is 0. The van der Waals surface area contributed by atoms with Crippen molar-refractivity contribution in [2.75, 3.05) is 0 Å². The maximum Gasteiger partial charge on any atom is 0.0476 e. The summed E-state index contributed by atoms with van der Waals surface area (Å²) in [6.45, 7) is 14.9. The van der Waals surface area contributed by atoms with Crippen LogP contribution >= 0.6 is 0 Å². The largest absolute Gasteiger partial charge is 0.0713 e. The van der Waals surface area contributed by atoms with Gasteiger partial charge in [0.2, 0.25) is 0 Å². The monoisotopic (exact) mass is 215 g/mol. The summed E-state index contributed by atoms with van der Waals surface area (Å²) in [6, 6.07) is 1.55. The fourth-order valence-electron chi connectivity index (χ4n) is 2.55. The normalized spacial score (nSPS) is 15.0. The third kappa shape index (κ3) is 4.45. The molecule has 0 nitrogen and oxygen atoms in total. The Morgan fingerprint density at radius 2 is 1.69 bits per heavy atom. The van der Waals surface area contributed by atoms with Gasteiger partial charge in [0.15, 0.2) is 0 Å². The molecule has 0 N–H and O–H groups in total. The maximum atomic E-state index is 2.61. The minimum Gasteiger partial charge on any atom is -0.0713 e. The molecule has 0 amide bonds. The lowest BCUT2D eigenvalue weighted by molar-refractivity contribution is 0.845. The molecule has 0 bridgehead atoms. The fourth-order valence-corrected chi connectivity index (χ4v) is 12.8. The van der Waals surface area contributed by atoms with Crippen molar-refractivity contribution < 1.29 is 0 Å². The molecule has 0 rings (SSSR count). The summed E-state index contributed by atoms with van der Waals surface area (Å²) in [6.07, 6.45) is 4.28. The second-order valence-electron chi connectivity index (χ2n) is 5.13. The molecule has 13 heavy (non-hydrogen) atoms. The lowest BCUT2D eigenvalue weighted by atomic mass is 10.4. The van der Waals surface area contributed by atoms with Crippen LogP contribution in [0.4, 0.5) is 0 Å². The van der Waals surface area contributed by atoms with Crippen molar-refractivity contribution in [2.24, 2.45) is 0 Å². The lowest BCUT2D eigenvalue weighted by Gasteiger charge is -2.34. The van der Waals surface area contributed by atoms with E-state index in [2.05, 4.69) is 40.0 Å². The van der Waals surface area contributed by atoms with Crippen LogP contribution in [0.1, 0.15) is 33.1 Å². The summed E-state index contributed by atoms with van der Waals surface area (Å²) >= 11 is 0. The van der Waals surface area contributed by atoms with Crippen molar-refractivity contribution in [3.05, 3.63) is 0 Å². The summed E-state index contributed by atoms with van der Waals surface area (Å²) in [7, 11) is -0.921. The molecule has 0 aromatic carbocycles. The Kier molecular flexibility index (Phi) is 6.22. The highest BCUT2D eigenvalue weighted by Crippen LogP contribution is 2.32. The lowest BCUT2D eigenvalue weighted by Crippen LogP contribution is -2.38. The molecule has 0 aliphatic rings. The van der Waals surface area contributed by atoms with Crippen LogP contribution in [0.25, 0.3) is 0 Å². The van der Waals surface area contributed by atoms with Crippen molar-refractivity contribution in [3.8, 4) is 0 Å². The Morgan fingerprint density at radius 1 is 1.15 bits per heavy atom. The van der Waals surface area contributed by atoms with Crippen molar-refractivity contribution in [2.45, 2.75) is 70.5 Å². The molecule has 79 valence electrons. The van der Waals surface area contributed by atoms with E-state index in [-0.39, 0.29) is 8.80 Å². The standard InChI is InChI=1S/C11H27Si2/c1-7-9-10-13(5,6)11(8-2)12(3)4/h11H,7-10H2,1-6H3. The first kappa shape index (κ1) is 13.4. The smallest absolute Gasteiger partial charge is 0.0476 e. The molecule has 1 atom stereocenters. The second kappa shape index (κ2) is 6.02. The van der Waals surface area contributed by atoms with Crippen LogP contribution in [0.3, 0.4) is 0 Å². The van der Waals surface area contributed by atoms with E-state index in [0.717, 1.165) is 5.16 Å². The molecular formula is C11H27Si2. The van der Waals surface area contributed by atoms with Gasteiger partial charge in [0.05, 0.1) is 0 Å². The van der Waals surface area contributed by atoms with Gasteiger partial charge in [-0.25, -0.2) is 0 Å². The predicted molar refractivity (Wildman–Crippen MR) is 68.7 cm³/mol. The second-order valence-corrected chi connectivity index (χ2v) is 13.7. The Balaban J connectivity index is 4.20. The number of hydrogen-bond acceptors (Lipinski definition) is 0. The SMILES string of the molecule is CCCC[Si](C)(C)C(CC)[Si](C)C. The zero-order valence-corrected chi connectivity index (χ0v) is 12.4. The van der Waals surface area contributed by atoms with Crippen LogP contribution in [0.5, 0.6) is 0 Å². The summed E-state index contributed by atoms with van der Waals surface area (Å²) in [4.78, 5) is 0. The summed E-state index contributed by atoms with van der Waals surface area (Å²) in [5, 5.41) is 1.13. The van der Waals surface area contributed by atoms with Crippen molar-refractivity contribution in [1.82, 2.24) is 0 Å². The van der Waals surface area contributed by atoms with Gasteiger partial charge in [0.1, 0.15) is 0 Å². The molecule has 1 radical (unpaired) electrons. The van der Waals surface area contributed by atoms with E-state index in [4.69, 9.17) is 0 Å². The van der Waals surface area contributed by atoms with Crippen molar-refractivity contribution >= 4 is 16.9 Å². The van der Waals surface area contributed by atoms with Gasteiger partial charge < -0.3 is 0 Å². The molecule has 0 saturated carbocycles. The van der Waals surface area contributed by atoms with Crippen molar-refractivity contribution in [3.63, 3.8) is 0 Å². The quantitative estimate of drug-likeness (QED) is 0.570. The first-order valence-electron chi connectivity index (χ1n) is 5.75. The fraction of sp³-hybridized carbons (Fsp3) is 1.00. The van der Waals surface area contributed by atoms with E-state index < -0.39 is 8.07 Å². The van der Waals surface area contributed by atoms with Gasteiger partial charge in [-0.3, -0.25) is 0 Å². The van der Waals surface area contributed by atoms with E-state index in [1.54, 1.807) is 6.04 Å². The highest BCUT2D eigenvalue weighted by molar-refractivity contribution is 6.89. The van der Waals surface area contributed by atoms with Gasteiger partial charge in [-0.05, 0) is 0 Å². The Bertz CT molecular complexity index is 130. The van der Waals surface area contributed by atoms with Crippen LogP contribution in [0.2, 0.25) is 37.4 Å². The minimum atomic E-state index is -0.872. The Hall–Kier alpha value is 0.434. The van der Waals surface area contributed by atoms with Gasteiger partial charge in [0, 0.05) is 16.9 Å².